The number of nitrogens with zero attached hydrogens (tertiary/aromatic N) is 4. The van der Waals surface area contributed by atoms with E-state index < -0.39 is 0 Å². The van der Waals surface area contributed by atoms with Crippen LogP contribution in [0.3, 0.4) is 0 Å². The fraction of sp³-hybridized carbons (Fsp3) is 0.138. The van der Waals surface area contributed by atoms with Gasteiger partial charge >= 0.3 is 0 Å². The lowest BCUT2D eigenvalue weighted by molar-refractivity contribution is 0.849. The van der Waals surface area contributed by atoms with E-state index in [-0.39, 0.29) is 5.92 Å². The summed E-state index contributed by atoms with van der Waals surface area (Å²) < 4.78 is 0. The smallest absolute Gasteiger partial charge is 0.163 e. The van der Waals surface area contributed by atoms with Crippen LogP contribution in [0, 0.1) is 0 Å². The van der Waals surface area contributed by atoms with Crippen molar-refractivity contribution in [3.8, 4) is 11.4 Å². The molecule has 0 saturated carbocycles. The lowest BCUT2D eigenvalue weighted by Gasteiger charge is -2.20. The third kappa shape index (κ3) is 4.59. The van der Waals surface area contributed by atoms with Gasteiger partial charge in [0.1, 0.15) is 11.6 Å². The van der Waals surface area contributed by atoms with E-state index in [1.54, 1.807) is 0 Å². The summed E-state index contributed by atoms with van der Waals surface area (Å²) in [5.41, 5.74) is 4.33. The zero-order chi connectivity index (χ0) is 23.3. The Morgan fingerprint density at radius 1 is 0.735 bits per heavy atom. The average molecular weight is 446 g/mol. The van der Waals surface area contributed by atoms with Crippen LogP contribution in [0.25, 0.3) is 22.3 Å². The van der Waals surface area contributed by atoms with Crippen molar-refractivity contribution in [2.45, 2.75) is 5.92 Å². The molecule has 0 spiro atoms. The number of hydrogen-bond acceptors (Lipinski definition) is 5. The summed E-state index contributed by atoms with van der Waals surface area (Å²) in [5.74, 6) is 2.58. The zero-order valence-corrected chi connectivity index (χ0v) is 19.4. The summed E-state index contributed by atoms with van der Waals surface area (Å²) in [6.07, 6.45) is 1.83. The maximum absolute atomic E-state index is 4.93. The maximum Gasteiger partial charge on any atom is 0.163 e. The monoisotopic (exact) mass is 445 g/mol. The van der Waals surface area contributed by atoms with Gasteiger partial charge < -0.3 is 10.2 Å². The molecular weight excluding hydrogens is 418 g/mol. The molecule has 5 heteroatoms. The number of pyridine rings is 1. The van der Waals surface area contributed by atoms with Crippen molar-refractivity contribution < 1.29 is 0 Å². The van der Waals surface area contributed by atoms with Crippen molar-refractivity contribution in [3.05, 3.63) is 114 Å². The second-order valence-corrected chi connectivity index (χ2v) is 8.47. The molecule has 168 valence electrons. The quantitative estimate of drug-likeness (QED) is 0.333. The van der Waals surface area contributed by atoms with E-state index in [1.165, 1.54) is 11.1 Å². The molecule has 0 aliphatic heterocycles. The summed E-state index contributed by atoms with van der Waals surface area (Å²) in [7, 11) is 3.96. The highest BCUT2D eigenvalue weighted by Gasteiger charge is 2.16. The minimum absolute atomic E-state index is 0.195. The molecule has 0 aliphatic rings. The first-order valence-corrected chi connectivity index (χ1v) is 11.4. The van der Waals surface area contributed by atoms with Crippen molar-refractivity contribution in [2.24, 2.45) is 0 Å². The van der Waals surface area contributed by atoms with Crippen molar-refractivity contribution in [1.82, 2.24) is 15.0 Å². The third-order valence-electron chi connectivity index (χ3n) is 5.95. The van der Waals surface area contributed by atoms with Gasteiger partial charge in [-0.05, 0) is 35.4 Å². The average Bonchev–Trinajstić information content (AvgIpc) is 2.90. The van der Waals surface area contributed by atoms with E-state index in [4.69, 9.17) is 9.97 Å². The van der Waals surface area contributed by atoms with Gasteiger partial charge in [-0.25, -0.2) is 15.0 Å². The largest absolute Gasteiger partial charge is 0.368 e. The molecule has 2 aromatic heterocycles. The number of para-hydroxylation sites is 1. The fourth-order valence-corrected chi connectivity index (χ4v) is 4.12. The summed E-state index contributed by atoms with van der Waals surface area (Å²) in [5, 5.41) is 4.65. The molecule has 0 atom stereocenters. The van der Waals surface area contributed by atoms with Gasteiger partial charge in [-0.1, -0.05) is 72.8 Å². The molecule has 34 heavy (non-hydrogen) atoms. The zero-order valence-electron chi connectivity index (χ0n) is 19.4. The Morgan fingerprint density at radius 2 is 1.38 bits per heavy atom. The Kier molecular flexibility index (Phi) is 6.17. The van der Waals surface area contributed by atoms with Gasteiger partial charge in [0.25, 0.3) is 0 Å². The predicted octanol–water partition coefficient (Wildman–Crippen LogP) is 6.00. The first-order valence-electron chi connectivity index (χ1n) is 11.4. The molecule has 5 rings (SSSR count). The Labute approximate surface area is 200 Å². The van der Waals surface area contributed by atoms with Gasteiger partial charge in [-0.2, -0.15) is 0 Å². The Morgan fingerprint density at radius 3 is 2.00 bits per heavy atom. The number of hydrogen-bond donors (Lipinski definition) is 1. The second kappa shape index (κ2) is 9.71. The summed E-state index contributed by atoms with van der Waals surface area (Å²) >= 11 is 0. The third-order valence-corrected chi connectivity index (χ3v) is 5.95. The van der Waals surface area contributed by atoms with E-state index in [0.717, 1.165) is 28.1 Å². The minimum Gasteiger partial charge on any atom is -0.368 e. The van der Waals surface area contributed by atoms with Gasteiger partial charge in [-0.3, -0.25) is 0 Å². The fourth-order valence-electron chi connectivity index (χ4n) is 4.12. The van der Waals surface area contributed by atoms with Crippen LogP contribution in [0.2, 0.25) is 0 Å². The van der Waals surface area contributed by atoms with Crippen LogP contribution in [0.5, 0.6) is 0 Å². The summed E-state index contributed by atoms with van der Waals surface area (Å²) in [4.78, 5) is 16.3. The molecule has 0 amide bonds. The van der Waals surface area contributed by atoms with Crippen molar-refractivity contribution >= 4 is 22.5 Å². The highest BCUT2D eigenvalue weighted by atomic mass is 15.1. The lowest BCUT2D eigenvalue weighted by Crippen LogP contribution is -2.15. The van der Waals surface area contributed by atoms with Gasteiger partial charge in [0.2, 0.25) is 0 Å². The molecule has 0 unspecified atom stereocenters. The van der Waals surface area contributed by atoms with Crippen LogP contribution in [0.1, 0.15) is 17.0 Å². The molecule has 5 aromatic rings. The molecule has 2 heterocycles. The summed E-state index contributed by atoms with van der Waals surface area (Å²) in [6.45, 7) is 0.715. The van der Waals surface area contributed by atoms with Crippen molar-refractivity contribution in [1.29, 1.82) is 0 Å². The minimum atomic E-state index is 0.195. The van der Waals surface area contributed by atoms with Crippen LogP contribution < -0.4 is 10.2 Å². The highest BCUT2D eigenvalue weighted by molar-refractivity contribution is 5.90. The second-order valence-electron chi connectivity index (χ2n) is 8.47. The molecule has 3 aromatic carbocycles. The van der Waals surface area contributed by atoms with Gasteiger partial charge in [0.15, 0.2) is 5.82 Å². The van der Waals surface area contributed by atoms with E-state index in [0.29, 0.717) is 12.4 Å². The van der Waals surface area contributed by atoms with E-state index in [1.807, 2.05) is 55.5 Å². The number of anilines is 2. The highest BCUT2D eigenvalue weighted by Crippen LogP contribution is 2.28. The number of rotatable bonds is 7. The Bertz CT molecular complexity index is 1330. The normalized spacial score (nSPS) is 11.0. The maximum atomic E-state index is 4.93. The van der Waals surface area contributed by atoms with Crippen LogP contribution in [0.4, 0.5) is 11.6 Å². The predicted molar refractivity (Wildman–Crippen MR) is 140 cm³/mol. The van der Waals surface area contributed by atoms with Crippen LogP contribution in [0.15, 0.2) is 103 Å². The SMILES string of the molecule is CN(C)c1ccc(-c2nc(NCC(c3ccccc3)c3ccccc3)c3ccccc3n2)cn1. The molecule has 0 radical (unpaired) electrons. The molecule has 0 bridgehead atoms. The Hall–Kier alpha value is -4.25. The van der Waals surface area contributed by atoms with Gasteiger partial charge in [0.05, 0.1) is 5.52 Å². The molecule has 0 saturated heterocycles. The van der Waals surface area contributed by atoms with Crippen LogP contribution in [-0.4, -0.2) is 35.6 Å². The van der Waals surface area contributed by atoms with Crippen molar-refractivity contribution in [2.75, 3.05) is 30.9 Å². The lowest BCUT2D eigenvalue weighted by atomic mass is 9.91. The van der Waals surface area contributed by atoms with Gasteiger partial charge in [-0.15, -0.1) is 0 Å². The van der Waals surface area contributed by atoms with Crippen molar-refractivity contribution in [3.63, 3.8) is 0 Å². The first kappa shape index (κ1) is 21.6. The number of aromatic nitrogens is 3. The van der Waals surface area contributed by atoms with E-state index in [2.05, 4.69) is 77.0 Å². The number of nitrogens with one attached hydrogen (secondary N) is 1. The van der Waals surface area contributed by atoms with Gasteiger partial charge in [0, 0.05) is 43.7 Å². The van der Waals surface area contributed by atoms with Crippen LogP contribution in [-0.2, 0) is 0 Å². The van der Waals surface area contributed by atoms with Crippen LogP contribution >= 0.6 is 0 Å². The topological polar surface area (TPSA) is 53.9 Å². The Balaban J connectivity index is 1.51. The summed E-state index contributed by atoms with van der Waals surface area (Å²) in [6, 6.07) is 33.3. The van der Waals surface area contributed by atoms with E-state index >= 15 is 0 Å². The standard InChI is InChI=1S/C29H27N5/c1-34(2)27-18-17-23(19-30-27)28-32-26-16-10-9-15-24(26)29(33-28)31-20-25(21-11-5-3-6-12-21)22-13-7-4-8-14-22/h3-19,25H,20H2,1-2H3,(H,31,32,33). The first-order chi connectivity index (χ1) is 16.7. The molecule has 5 nitrogen and oxygen atoms in total. The molecule has 1 N–H and O–H groups in total. The van der Waals surface area contributed by atoms with E-state index in [9.17, 15) is 0 Å². The number of benzene rings is 3. The number of fused-ring (bicyclic) bond motifs is 1. The molecular formula is C29H27N5. The molecule has 0 fully saturated rings. The molecule has 0 aliphatic carbocycles.